The van der Waals surface area contributed by atoms with E-state index in [0.29, 0.717) is 17.8 Å². The van der Waals surface area contributed by atoms with Crippen molar-refractivity contribution in [2.75, 3.05) is 24.2 Å². The molecule has 2 heterocycles. The van der Waals surface area contributed by atoms with E-state index in [9.17, 15) is 14.4 Å². The zero-order chi connectivity index (χ0) is 22.0. The van der Waals surface area contributed by atoms with Crippen molar-refractivity contribution in [1.82, 2.24) is 20.1 Å². The maximum absolute atomic E-state index is 14.6. The Bertz CT molecular complexity index is 1210. The SMILES string of the molecule is CN1CCc2cc(F)c(Nc3nnc(C(N)=O)c(Nc4ccccc4C#N)n3)cc2C1. The molecule has 0 radical (unpaired) electrons. The van der Waals surface area contributed by atoms with Crippen LogP contribution >= 0.6 is 0 Å². The standard InChI is InChI=1S/C21H19FN8O/c1-30-7-6-12-8-15(22)17(9-14(12)11-30)26-21-27-20(18(19(24)31)28-29-21)25-16-5-3-2-4-13(16)10-23/h2-5,8-9H,6-7,11H2,1H3,(H2,24,31)(H2,25,26,27,29). The second-order valence-electron chi connectivity index (χ2n) is 7.19. The number of hydrogen-bond acceptors (Lipinski definition) is 8. The first-order valence-electron chi connectivity index (χ1n) is 9.52. The molecule has 1 aromatic heterocycles. The van der Waals surface area contributed by atoms with Crippen LogP contribution in [0.2, 0.25) is 0 Å². The van der Waals surface area contributed by atoms with E-state index in [1.807, 2.05) is 13.1 Å². The monoisotopic (exact) mass is 418 g/mol. The molecule has 0 aliphatic carbocycles. The summed E-state index contributed by atoms with van der Waals surface area (Å²) in [4.78, 5) is 18.2. The summed E-state index contributed by atoms with van der Waals surface area (Å²) in [6.07, 6.45) is 0.779. The number of rotatable bonds is 5. The van der Waals surface area contributed by atoms with Gasteiger partial charge >= 0.3 is 0 Å². The van der Waals surface area contributed by atoms with Crippen LogP contribution in [0, 0.1) is 17.1 Å². The number of benzene rings is 2. The molecule has 0 bridgehead atoms. The van der Waals surface area contributed by atoms with Gasteiger partial charge in [0, 0.05) is 13.1 Å². The summed E-state index contributed by atoms with van der Waals surface area (Å²) in [5, 5.41) is 22.7. The lowest BCUT2D eigenvalue weighted by Crippen LogP contribution is -2.26. The lowest BCUT2D eigenvalue weighted by molar-refractivity contribution is 0.0995. The van der Waals surface area contributed by atoms with Crippen LogP contribution in [-0.2, 0) is 13.0 Å². The van der Waals surface area contributed by atoms with Gasteiger partial charge in [0.2, 0.25) is 5.95 Å². The highest BCUT2D eigenvalue weighted by molar-refractivity contribution is 5.96. The lowest BCUT2D eigenvalue weighted by Gasteiger charge is -2.25. The Morgan fingerprint density at radius 2 is 2.00 bits per heavy atom. The molecule has 0 fully saturated rings. The van der Waals surface area contributed by atoms with Crippen molar-refractivity contribution in [1.29, 1.82) is 5.26 Å². The van der Waals surface area contributed by atoms with E-state index in [4.69, 9.17) is 5.73 Å². The van der Waals surface area contributed by atoms with Crippen LogP contribution in [0.1, 0.15) is 27.2 Å². The summed E-state index contributed by atoms with van der Waals surface area (Å²) in [7, 11) is 2.01. The number of amides is 1. The molecule has 156 valence electrons. The number of likely N-dealkylation sites (N-methyl/N-ethyl adjacent to an activating group) is 1. The van der Waals surface area contributed by atoms with E-state index in [2.05, 4.69) is 30.7 Å². The molecule has 9 nitrogen and oxygen atoms in total. The number of anilines is 4. The van der Waals surface area contributed by atoms with E-state index in [1.165, 1.54) is 6.07 Å². The number of hydrogen-bond donors (Lipinski definition) is 3. The predicted octanol–water partition coefficient (Wildman–Crippen LogP) is 2.46. The van der Waals surface area contributed by atoms with Gasteiger partial charge in [-0.05, 0) is 48.9 Å². The van der Waals surface area contributed by atoms with Gasteiger partial charge in [0.25, 0.3) is 5.91 Å². The van der Waals surface area contributed by atoms with Crippen molar-refractivity contribution < 1.29 is 9.18 Å². The first-order chi connectivity index (χ1) is 14.9. The third-order valence-electron chi connectivity index (χ3n) is 4.96. The minimum Gasteiger partial charge on any atom is -0.364 e. The summed E-state index contributed by atoms with van der Waals surface area (Å²) in [5.74, 6) is -1.29. The van der Waals surface area contributed by atoms with Crippen molar-refractivity contribution in [2.45, 2.75) is 13.0 Å². The molecule has 3 aromatic rings. The summed E-state index contributed by atoms with van der Waals surface area (Å²) in [6, 6.07) is 12.0. The number of primary amides is 1. The van der Waals surface area contributed by atoms with Gasteiger partial charge in [-0.25, -0.2) is 4.39 Å². The second kappa shape index (κ2) is 8.33. The molecule has 0 spiro atoms. The maximum Gasteiger partial charge on any atom is 0.273 e. The molecule has 1 aliphatic rings. The van der Waals surface area contributed by atoms with Gasteiger partial charge in [0.05, 0.1) is 16.9 Å². The number of nitrogens with two attached hydrogens (primary N) is 1. The fourth-order valence-corrected chi connectivity index (χ4v) is 3.39. The Hall–Kier alpha value is -4.10. The van der Waals surface area contributed by atoms with Crippen LogP contribution in [0.3, 0.4) is 0 Å². The minimum atomic E-state index is -0.841. The third-order valence-corrected chi connectivity index (χ3v) is 4.96. The Labute approximate surface area is 177 Å². The number of nitriles is 1. The van der Waals surface area contributed by atoms with Gasteiger partial charge in [-0.1, -0.05) is 12.1 Å². The average molecular weight is 418 g/mol. The Morgan fingerprint density at radius 1 is 1.19 bits per heavy atom. The molecular formula is C21H19FN8O. The summed E-state index contributed by atoms with van der Waals surface area (Å²) >= 11 is 0. The van der Waals surface area contributed by atoms with Crippen molar-refractivity contribution in [2.24, 2.45) is 5.73 Å². The van der Waals surface area contributed by atoms with E-state index >= 15 is 0 Å². The minimum absolute atomic E-state index is 0.00537. The largest absolute Gasteiger partial charge is 0.364 e. The first kappa shape index (κ1) is 20.2. The van der Waals surface area contributed by atoms with Gasteiger partial charge in [0.1, 0.15) is 11.9 Å². The molecule has 0 saturated carbocycles. The fraction of sp³-hybridized carbons (Fsp3) is 0.190. The first-order valence-corrected chi connectivity index (χ1v) is 9.52. The number of nitrogens with one attached hydrogen (secondary N) is 2. The van der Waals surface area contributed by atoms with Crippen molar-refractivity contribution in [3.63, 3.8) is 0 Å². The zero-order valence-electron chi connectivity index (χ0n) is 16.7. The normalized spacial score (nSPS) is 13.2. The van der Waals surface area contributed by atoms with E-state index in [0.717, 1.165) is 24.1 Å². The molecular weight excluding hydrogens is 399 g/mol. The highest BCUT2D eigenvalue weighted by atomic mass is 19.1. The van der Waals surface area contributed by atoms with Crippen LogP contribution in [0.15, 0.2) is 36.4 Å². The molecule has 31 heavy (non-hydrogen) atoms. The Kier molecular flexibility index (Phi) is 5.43. The number of carbonyl (C=O) groups is 1. The number of aromatic nitrogens is 3. The van der Waals surface area contributed by atoms with Crippen molar-refractivity contribution >= 4 is 29.0 Å². The van der Waals surface area contributed by atoms with Crippen molar-refractivity contribution in [3.8, 4) is 6.07 Å². The second-order valence-corrected chi connectivity index (χ2v) is 7.19. The van der Waals surface area contributed by atoms with Crippen molar-refractivity contribution in [3.05, 3.63) is 64.6 Å². The molecule has 0 atom stereocenters. The average Bonchev–Trinajstić information content (AvgIpc) is 2.75. The summed E-state index contributed by atoms with van der Waals surface area (Å²) in [5.41, 5.74) is 8.13. The number of para-hydroxylation sites is 1. The third kappa shape index (κ3) is 4.26. The number of fused-ring (bicyclic) bond motifs is 1. The fourth-order valence-electron chi connectivity index (χ4n) is 3.39. The number of nitrogens with zero attached hydrogens (tertiary/aromatic N) is 5. The van der Waals surface area contributed by atoms with Gasteiger partial charge < -0.3 is 21.3 Å². The smallest absolute Gasteiger partial charge is 0.273 e. The van der Waals surface area contributed by atoms with Crippen LogP contribution in [0.4, 0.5) is 27.5 Å². The van der Waals surface area contributed by atoms with Crippen LogP contribution < -0.4 is 16.4 Å². The van der Waals surface area contributed by atoms with Gasteiger partial charge in [-0.2, -0.15) is 10.2 Å². The van der Waals surface area contributed by atoms with E-state index < -0.39 is 11.7 Å². The van der Waals surface area contributed by atoms with Gasteiger partial charge in [0.15, 0.2) is 11.5 Å². The molecule has 1 aliphatic heterocycles. The topological polar surface area (TPSA) is 133 Å². The maximum atomic E-state index is 14.6. The highest BCUT2D eigenvalue weighted by Crippen LogP contribution is 2.27. The summed E-state index contributed by atoms with van der Waals surface area (Å²) in [6.45, 7) is 1.59. The van der Waals surface area contributed by atoms with E-state index in [1.54, 1.807) is 30.3 Å². The molecule has 1 amide bonds. The predicted molar refractivity (Wildman–Crippen MR) is 113 cm³/mol. The molecule has 0 unspecified atom stereocenters. The number of carbonyl (C=O) groups excluding carboxylic acids is 1. The Morgan fingerprint density at radius 3 is 2.77 bits per heavy atom. The Balaban J connectivity index is 1.67. The molecule has 10 heteroatoms. The molecule has 0 saturated heterocycles. The lowest BCUT2D eigenvalue weighted by atomic mass is 9.99. The number of halogens is 1. The summed E-state index contributed by atoms with van der Waals surface area (Å²) < 4.78 is 14.6. The van der Waals surface area contributed by atoms with Gasteiger partial charge in [-0.15, -0.1) is 10.2 Å². The van der Waals surface area contributed by atoms with Crippen LogP contribution in [0.25, 0.3) is 0 Å². The van der Waals surface area contributed by atoms with Crippen LogP contribution in [-0.4, -0.2) is 39.6 Å². The molecule has 2 aromatic carbocycles. The molecule has 4 rings (SSSR count). The highest BCUT2D eigenvalue weighted by Gasteiger charge is 2.19. The van der Waals surface area contributed by atoms with Crippen LogP contribution in [0.5, 0.6) is 0 Å². The quantitative estimate of drug-likeness (QED) is 0.575. The van der Waals surface area contributed by atoms with Gasteiger partial charge in [-0.3, -0.25) is 4.79 Å². The van der Waals surface area contributed by atoms with E-state index in [-0.39, 0.29) is 23.1 Å². The molecule has 4 N–H and O–H groups in total. The zero-order valence-corrected chi connectivity index (χ0v) is 16.7.